The zero-order chi connectivity index (χ0) is 21.7. The maximum Gasteiger partial charge on any atom is 0.247 e. The van der Waals surface area contributed by atoms with E-state index in [2.05, 4.69) is 74.1 Å². The number of aryl methyl sites for hydroxylation is 1. The van der Waals surface area contributed by atoms with E-state index in [1.807, 2.05) is 12.1 Å². The van der Waals surface area contributed by atoms with E-state index in [0.29, 0.717) is 36.0 Å². The van der Waals surface area contributed by atoms with Crippen LogP contribution in [0.5, 0.6) is 0 Å². The minimum atomic E-state index is 0.435. The lowest BCUT2D eigenvalue weighted by atomic mass is 9.69. The molecule has 1 aliphatic rings. The molecule has 0 bridgehead atoms. The van der Waals surface area contributed by atoms with Crippen molar-refractivity contribution in [3.8, 4) is 17.5 Å². The fraction of sp³-hybridized carbons (Fsp3) is 0.560. The second kappa shape index (κ2) is 10.0. The van der Waals surface area contributed by atoms with Gasteiger partial charge in [-0.1, -0.05) is 43.2 Å². The number of allylic oxidation sites excluding steroid dienone is 1. The Balaban J connectivity index is 1.70. The highest BCUT2D eigenvalue weighted by atomic mass is 16.4. The van der Waals surface area contributed by atoms with Crippen LogP contribution >= 0.6 is 0 Å². The summed E-state index contributed by atoms with van der Waals surface area (Å²) in [5.74, 6) is 3.50. The number of benzene rings is 1. The van der Waals surface area contributed by atoms with Crippen molar-refractivity contribution in [1.82, 2.24) is 15.1 Å². The summed E-state index contributed by atoms with van der Waals surface area (Å²) < 4.78 is 6.00. The fourth-order valence-electron chi connectivity index (χ4n) is 4.54. The van der Waals surface area contributed by atoms with Crippen LogP contribution in [0.2, 0.25) is 0 Å². The maximum atomic E-state index is 8.86. The molecule has 2 aromatic rings. The molecule has 1 aliphatic carbocycles. The molecule has 0 aliphatic heterocycles. The zero-order valence-electron chi connectivity index (χ0n) is 18.9. The highest BCUT2D eigenvalue weighted by Crippen LogP contribution is 2.39. The molecular formula is C25H34N4O. The molecule has 160 valence electrons. The van der Waals surface area contributed by atoms with E-state index in [1.54, 1.807) is 0 Å². The van der Waals surface area contributed by atoms with Gasteiger partial charge in [0.05, 0.1) is 6.07 Å². The van der Waals surface area contributed by atoms with E-state index in [4.69, 9.17) is 9.68 Å². The summed E-state index contributed by atoms with van der Waals surface area (Å²) in [4.78, 5) is 2.29. The number of nitrogens with zero attached hydrogens (tertiary/aromatic N) is 4. The van der Waals surface area contributed by atoms with Gasteiger partial charge in [-0.25, -0.2) is 0 Å². The topological polar surface area (TPSA) is 66.0 Å². The van der Waals surface area contributed by atoms with Crippen molar-refractivity contribution >= 4 is 0 Å². The SMILES string of the molecule is CC1=CC(CN(C)CCC#N)C(C(C)C)CC1Cc1nnc(-c2ccc(C)cc2)o1. The average molecular weight is 407 g/mol. The Bertz CT molecular complexity index is 891. The highest BCUT2D eigenvalue weighted by molar-refractivity contribution is 5.52. The number of hydrogen-bond acceptors (Lipinski definition) is 5. The molecule has 1 aromatic heterocycles. The number of aromatic nitrogens is 2. The number of hydrogen-bond donors (Lipinski definition) is 0. The molecule has 0 saturated heterocycles. The molecular weight excluding hydrogens is 372 g/mol. The van der Waals surface area contributed by atoms with E-state index < -0.39 is 0 Å². The van der Waals surface area contributed by atoms with Crippen LogP contribution in [0.4, 0.5) is 0 Å². The summed E-state index contributed by atoms with van der Waals surface area (Å²) in [6, 6.07) is 10.4. The lowest BCUT2D eigenvalue weighted by Gasteiger charge is -2.38. The Labute approximate surface area is 180 Å². The normalized spacial score (nSPS) is 21.7. The van der Waals surface area contributed by atoms with Crippen LogP contribution in [0.1, 0.15) is 45.1 Å². The molecule has 0 radical (unpaired) electrons. The molecule has 30 heavy (non-hydrogen) atoms. The third-order valence-corrected chi connectivity index (χ3v) is 6.40. The molecule has 0 amide bonds. The van der Waals surface area contributed by atoms with Crippen LogP contribution < -0.4 is 0 Å². The summed E-state index contributed by atoms with van der Waals surface area (Å²) in [7, 11) is 2.12. The monoisotopic (exact) mass is 406 g/mol. The van der Waals surface area contributed by atoms with E-state index in [1.165, 1.54) is 11.1 Å². The predicted molar refractivity (Wildman–Crippen MR) is 120 cm³/mol. The van der Waals surface area contributed by atoms with Gasteiger partial charge in [0, 0.05) is 31.5 Å². The standard InChI is InChI=1S/C25H34N4O/c1-17(2)23-14-21(19(4)13-22(23)16-29(5)12-6-11-26)15-24-27-28-25(30-24)20-9-7-18(3)8-10-20/h7-10,13,17,21-23H,6,12,14-16H2,1-5H3. The van der Waals surface area contributed by atoms with Gasteiger partial charge in [-0.3, -0.25) is 0 Å². The smallest absolute Gasteiger partial charge is 0.247 e. The van der Waals surface area contributed by atoms with Gasteiger partial charge in [-0.2, -0.15) is 5.26 Å². The van der Waals surface area contributed by atoms with Gasteiger partial charge in [-0.15, -0.1) is 10.2 Å². The molecule has 5 nitrogen and oxygen atoms in total. The van der Waals surface area contributed by atoms with Crippen LogP contribution in [-0.4, -0.2) is 35.2 Å². The Morgan fingerprint density at radius 3 is 2.60 bits per heavy atom. The first-order valence-electron chi connectivity index (χ1n) is 11.0. The van der Waals surface area contributed by atoms with Gasteiger partial charge in [0.25, 0.3) is 0 Å². The van der Waals surface area contributed by atoms with E-state index in [-0.39, 0.29) is 0 Å². The van der Waals surface area contributed by atoms with Crippen LogP contribution in [-0.2, 0) is 6.42 Å². The summed E-state index contributed by atoms with van der Waals surface area (Å²) in [5.41, 5.74) is 3.60. The van der Waals surface area contributed by atoms with Gasteiger partial charge in [0.1, 0.15) is 0 Å². The summed E-state index contributed by atoms with van der Waals surface area (Å²) in [6.07, 6.45) is 4.97. The summed E-state index contributed by atoms with van der Waals surface area (Å²) in [6.45, 7) is 10.8. The highest BCUT2D eigenvalue weighted by Gasteiger charge is 2.33. The second-order valence-electron chi connectivity index (χ2n) is 9.16. The first-order chi connectivity index (χ1) is 14.4. The molecule has 0 spiro atoms. The Kier molecular flexibility index (Phi) is 7.44. The van der Waals surface area contributed by atoms with E-state index in [9.17, 15) is 0 Å². The van der Waals surface area contributed by atoms with E-state index in [0.717, 1.165) is 37.4 Å². The molecule has 3 rings (SSSR count). The van der Waals surface area contributed by atoms with Crippen molar-refractivity contribution < 1.29 is 4.42 Å². The Morgan fingerprint density at radius 1 is 1.20 bits per heavy atom. The summed E-state index contributed by atoms with van der Waals surface area (Å²) >= 11 is 0. The predicted octanol–water partition coefficient (Wildman–Crippen LogP) is 5.29. The number of nitriles is 1. The average Bonchev–Trinajstić information content (AvgIpc) is 3.17. The molecule has 3 atom stereocenters. The van der Waals surface area contributed by atoms with Crippen LogP contribution in [0, 0.1) is 41.9 Å². The number of rotatable bonds is 8. The lowest BCUT2D eigenvalue weighted by Crippen LogP contribution is -2.36. The first-order valence-corrected chi connectivity index (χ1v) is 11.0. The third-order valence-electron chi connectivity index (χ3n) is 6.40. The van der Waals surface area contributed by atoms with Crippen molar-refractivity contribution in [1.29, 1.82) is 5.26 Å². The molecule has 1 aromatic carbocycles. The van der Waals surface area contributed by atoms with Crippen LogP contribution in [0.15, 0.2) is 40.3 Å². The molecule has 0 N–H and O–H groups in total. The van der Waals surface area contributed by atoms with Crippen molar-refractivity contribution in [3.63, 3.8) is 0 Å². The molecule has 1 heterocycles. The van der Waals surface area contributed by atoms with Crippen molar-refractivity contribution in [2.45, 2.75) is 47.0 Å². The van der Waals surface area contributed by atoms with Crippen molar-refractivity contribution in [3.05, 3.63) is 47.4 Å². The Morgan fingerprint density at radius 2 is 1.93 bits per heavy atom. The second-order valence-corrected chi connectivity index (χ2v) is 9.16. The third kappa shape index (κ3) is 5.58. The van der Waals surface area contributed by atoms with Gasteiger partial charge < -0.3 is 9.32 Å². The minimum absolute atomic E-state index is 0.435. The van der Waals surface area contributed by atoms with E-state index >= 15 is 0 Å². The van der Waals surface area contributed by atoms with Crippen LogP contribution in [0.25, 0.3) is 11.5 Å². The molecule has 3 unspecified atom stereocenters. The van der Waals surface area contributed by atoms with Gasteiger partial charge >= 0.3 is 0 Å². The molecule has 0 fully saturated rings. The molecule has 5 heteroatoms. The maximum absolute atomic E-state index is 8.86. The fourth-order valence-corrected chi connectivity index (χ4v) is 4.54. The summed E-state index contributed by atoms with van der Waals surface area (Å²) in [5, 5.41) is 17.5. The first kappa shape index (κ1) is 22.2. The van der Waals surface area contributed by atoms with Crippen molar-refractivity contribution in [2.75, 3.05) is 20.1 Å². The zero-order valence-corrected chi connectivity index (χ0v) is 18.9. The van der Waals surface area contributed by atoms with Crippen LogP contribution in [0.3, 0.4) is 0 Å². The van der Waals surface area contributed by atoms with Gasteiger partial charge in [-0.05, 0) is 63.1 Å². The van der Waals surface area contributed by atoms with Crippen molar-refractivity contribution in [2.24, 2.45) is 23.7 Å². The largest absolute Gasteiger partial charge is 0.421 e. The Hall–Kier alpha value is -2.45. The quantitative estimate of drug-likeness (QED) is 0.557. The van der Waals surface area contributed by atoms with Gasteiger partial charge in [0.15, 0.2) is 0 Å². The lowest BCUT2D eigenvalue weighted by molar-refractivity contribution is 0.177. The minimum Gasteiger partial charge on any atom is -0.421 e. The molecule has 0 saturated carbocycles. The van der Waals surface area contributed by atoms with Gasteiger partial charge in [0.2, 0.25) is 11.8 Å².